The Labute approximate surface area is 270 Å². The van der Waals surface area contributed by atoms with E-state index in [0.29, 0.717) is 16.5 Å². The van der Waals surface area contributed by atoms with Crippen molar-refractivity contribution >= 4 is 39.1 Å². The minimum atomic E-state index is -4.20. The number of rotatable bonds is 11. The Hall–Kier alpha value is -4.34. The molecule has 10 heteroatoms. The number of nitrogens with zero attached hydrogens (tertiary/aromatic N) is 2. The molecule has 0 spiro atoms. The van der Waals surface area contributed by atoms with Crippen molar-refractivity contribution in [1.29, 1.82) is 0 Å². The predicted octanol–water partition coefficient (Wildman–Crippen LogP) is 6.97. The summed E-state index contributed by atoms with van der Waals surface area (Å²) in [6, 6.07) is 28.2. The maximum atomic E-state index is 14.1. The molecule has 236 valence electrons. The Morgan fingerprint density at radius 3 is 2.00 bits per heavy atom. The van der Waals surface area contributed by atoms with E-state index in [0.717, 1.165) is 15.4 Å². The minimum Gasteiger partial charge on any atom is -0.457 e. The van der Waals surface area contributed by atoms with E-state index in [4.69, 9.17) is 16.3 Å². The Morgan fingerprint density at radius 2 is 1.42 bits per heavy atom. The number of sulfonamides is 1. The average Bonchev–Trinajstić information content (AvgIpc) is 2.99. The molecule has 2 amide bonds. The highest BCUT2D eigenvalue weighted by Crippen LogP contribution is 2.29. The number of carbonyl (C=O) groups is 2. The van der Waals surface area contributed by atoms with Crippen molar-refractivity contribution in [2.45, 2.75) is 57.6 Å². The van der Waals surface area contributed by atoms with Crippen molar-refractivity contribution in [2.75, 3.05) is 10.8 Å². The zero-order valence-electron chi connectivity index (χ0n) is 26.0. The number of nitrogens with one attached hydrogen (secondary N) is 1. The van der Waals surface area contributed by atoms with Gasteiger partial charge in [-0.1, -0.05) is 59.6 Å². The van der Waals surface area contributed by atoms with Crippen LogP contribution in [0.2, 0.25) is 5.02 Å². The zero-order valence-corrected chi connectivity index (χ0v) is 27.6. The molecule has 0 radical (unpaired) electrons. The Morgan fingerprint density at radius 1 is 0.844 bits per heavy atom. The quantitative estimate of drug-likeness (QED) is 0.190. The van der Waals surface area contributed by atoms with E-state index in [9.17, 15) is 18.0 Å². The number of aryl methyl sites for hydroxylation is 1. The standard InChI is InChI=1S/C35H38ClN3O5S/c1-25-11-21-32(22-12-25)45(42,43)39(29-17-19-31(20-18-29)44-30-9-7-6-8-10-30)24-33(40)38(23-27-13-15-28(36)16-14-27)26(2)34(41)37-35(3,4)5/h6-22,26H,23-24H2,1-5H3,(H,37,41)/t26-/m1/s1. The van der Waals surface area contributed by atoms with Gasteiger partial charge in [-0.15, -0.1) is 0 Å². The van der Waals surface area contributed by atoms with Crippen LogP contribution in [0.4, 0.5) is 5.69 Å². The van der Waals surface area contributed by atoms with Gasteiger partial charge in [-0.25, -0.2) is 8.42 Å². The van der Waals surface area contributed by atoms with Crippen LogP contribution in [0.1, 0.15) is 38.8 Å². The molecule has 1 N–H and O–H groups in total. The molecule has 0 aliphatic carbocycles. The molecule has 0 heterocycles. The number of ether oxygens (including phenoxy) is 1. The number of carbonyl (C=O) groups excluding carboxylic acids is 2. The van der Waals surface area contributed by atoms with E-state index in [-0.39, 0.29) is 23.0 Å². The van der Waals surface area contributed by atoms with E-state index in [1.165, 1.54) is 17.0 Å². The van der Waals surface area contributed by atoms with Crippen LogP contribution in [0.25, 0.3) is 0 Å². The molecule has 4 aromatic rings. The molecule has 0 aliphatic rings. The molecule has 0 aromatic heterocycles. The minimum absolute atomic E-state index is 0.0355. The molecule has 1 atom stereocenters. The second-order valence-electron chi connectivity index (χ2n) is 11.8. The molecule has 0 saturated heterocycles. The van der Waals surface area contributed by atoms with Gasteiger partial charge >= 0.3 is 0 Å². The summed E-state index contributed by atoms with van der Waals surface area (Å²) in [5.41, 5.74) is 1.36. The zero-order chi connectivity index (χ0) is 32.8. The first-order chi connectivity index (χ1) is 21.2. The van der Waals surface area contributed by atoms with Gasteiger partial charge in [0.1, 0.15) is 24.1 Å². The van der Waals surface area contributed by atoms with Crippen LogP contribution >= 0.6 is 11.6 Å². The van der Waals surface area contributed by atoms with Gasteiger partial charge in [-0.3, -0.25) is 13.9 Å². The molecule has 8 nitrogen and oxygen atoms in total. The van der Waals surface area contributed by atoms with E-state index < -0.39 is 34.1 Å². The van der Waals surface area contributed by atoms with E-state index in [1.54, 1.807) is 67.6 Å². The number of para-hydroxylation sites is 1. The summed E-state index contributed by atoms with van der Waals surface area (Å²) in [6.45, 7) is 8.57. The van der Waals surface area contributed by atoms with Crippen LogP contribution in [0.3, 0.4) is 0 Å². The molecule has 0 aliphatic heterocycles. The fourth-order valence-corrected chi connectivity index (χ4v) is 6.05. The first-order valence-corrected chi connectivity index (χ1v) is 16.3. The number of hydrogen-bond donors (Lipinski definition) is 1. The Kier molecular flexibility index (Phi) is 10.6. The van der Waals surface area contributed by atoms with E-state index >= 15 is 0 Å². The van der Waals surface area contributed by atoms with Crippen molar-refractivity contribution < 1.29 is 22.7 Å². The van der Waals surface area contributed by atoms with Gasteiger partial charge in [-0.05, 0) is 101 Å². The van der Waals surface area contributed by atoms with E-state index in [1.807, 2.05) is 58.0 Å². The van der Waals surface area contributed by atoms with Gasteiger partial charge in [0.05, 0.1) is 10.6 Å². The highest BCUT2D eigenvalue weighted by atomic mass is 35.5. The Bertz CT molecular complexity index is 1700. The topological polar surface area (TPSA) is 96.0 Å². The van der Waals surface area contributed by atoms with Crippen LogP contribution in [0, 0.1) is 6.92 Å². The van der Waals surface area contributed by atoms with Gasteiger partial charge in [-0.2, -0.15) is 0 Å². The molecule has 0 bridgehead atoms. The lowest BCUT2D eigenvalue weighted by atomic mass is 10.1. The smallest absolute Gasteiger partial charge is 0.264 e. The number of benzene rings is 4. The van der Waals surface area contributed by atoms with Crippen molar-refractivity contribution in [3.8, 4) is 11.5 Å². The van der Waals surface area contributed by atoms with Gasteiger partial charge < -0.3 is 15.0 Å². The number of hydrogen-bond acceptors (Lipinski definition) is 5. The van der Waals surface area contributed by atoms with Crippen LogP contribution in [0.15, 0.2) is 108 Å². The normalized spacial score (nSPS) is 12.2. The van der Waals surface area contributed by atoms with Crippen molar-refractivity contribution in [3.63, 3.8) is 0 Å². The van der Waals surface area contributed by atoms with E-state index in [2.05, 4.69) is 5.32 Å². The lowest BCUT2D eigenvalue weighted by Crippen LogP contribution is -2.54. The molecular weight excluding hydrogens is 610 g/mol. The third-order valence-electron chi connectivity index (χ3n) is 6.92. The van der Waals surface area contributed by atoms with Crippen LogP contribution in [-0.2, 0) is 26.2 Å². The van der Waals surface area contributed by atoms with Crippen LogP contribution in [0.5, 0.6) is 11.5 Å². The molecule has 4 rings (SSSR count). The van der Waals surface area contributed by atoms with Crippen molar-refractivity contribution in [1.82, 2.24) is 10.2 Å². The highest BCUT2D eigenvalue weighted by Gasteiger charge is 2.33. The highest BCUT2D eigenvalue weighted by molar-refractivity contribution is 7.92. The summed E-state index contributed by atoms with van der Waals surface area (Å²) >= 11 is 6.08. The SMILES string of the molecule is Cc1ccc(S(=O)(=O)N(CC(=O)N(Cc2ccc(Cl)cc2)[C@H](C)C(=O)NC(C)(C)C)c2ccc(Oc3ccccc3)cc2)cc1. The van der Waals surface area contributed by atoms with Crippen molar-refractivity contribution in [3.05, 3.63) is 119 Å². The fourth-order valence-electron chi connectivity index (χ4n) is 4.51. The summed E-state index contributed by atoms with van der Waals surface area (Å²) in [5.74, 6) is 0.215. The lowest BCUT2D eigenvalue weighted by Gasteiger charge is -2.33. The first-order valence-electron chi connectivity index (χ1n) is 14.5. The summed E-state index contributed by atoms with van der Waals surface area (Å²) in [5, 5.41) is 3.45. The molecule has 0 saturated carbocycles. The fraction of sp³-hybridized carbons (Fsp3) is 0.257. The van der Waals surface area contributed by atoms with Crippen LogP contribution in [-0.4, -0.2) is 43.3 Å². The molecule has 4 aromatic carbocycles. The summed E-state index contributed by atoms with van der Waals surface area (Å²) in [4.78, 5) is 28.8. The van der Waals surface area contributed by atoms with Gasteiger partial charge in [0.15, 0.2) is 0 Å². The lowest BCUT2D eigenvalue weighted by molar-refractivity contribution is -0.140. The van der Waals surface area contributed by atoms with Crippen LogP contribution < -0.4 is 14.4 Å². The molecule has 45 heavy (non-hydrogen) atoms. The van der Waals surface area contributed by atoms with Crippen molar-refractivity contribution in [2.24, 2.45) is 0 Å². The molecule has 0 unspecified atom stereocenters. The average molecular weight is 648 g/mol. The van der Waals surface area contributed by atoms with Gasteiger partial charge in [0.2, 0.25) is 11.8 Å². The summed E-state index contributed by atoms with van der Waals surface area (Å²) < 4.78 is 35.1. The summed E-state index contributed by atoms with van der Waals surface area (Å²) in [7, 11) is -4.20. The monoisotopic (exact) mass is 647 g/mol. The van der Waals surface area contributed by atoms with Gasteiger partial charge in [0.25, 0.3) is 10.0 Å². The maximum absolute atomic E-state index is 14.1. The van der Waals surface area contributed by atoms with Gasteiger partial charge in [0, 0.05) is 17.1 Å². The second kappa shape index (κ2) is 14.2. The second-order valence-corrected chi connectivity index (χ2v) is 14.1. The third kappa shape index (κ3) is 9.09. The maximum Gasteiger partial charge on any atom is 0.264 e. The molecular formula is C35H38ClN3O5S. The number of anilines is 1. The largest absolute Gasteiger partial charge is 0.457 e. The predicted molar refractivity (Wildman–Crippen MR) is 178 cm³/mol. The third-order valence-corrected chi connectivity index (χ3v) is 8.96. The number of amides is 2. The Balaban J connectivity index is 1.71. The molecule has 0 fully saturated rings. The summed E-state index contributed by atoms with van der Waals surface area (Å²) in [6.07, 6.45) is 0. The first kappa shape index (κ1) is 33.6. The number of halogens is 1.